The van der Waals surface area contributed by atoms with Gasteiger partial charge in [-0.1, -0.05) is 35.3 Å². The molecule has 12 heteroatoms. The number of hydrogen-bond donors (Lipinski definition) is 3. The van der Waals surface area contributed by atoms with Crippen LogP contribution in [-0.4, -0.2) is 36.7 Å². The molecule has 7 nitrogen and oxygen atoms in total. The molecule has 0 saturated heterocycles. The number of nitrogens with one attached hydrogen (secondary N) is 2. The van der Waals surface area contributed by atoms with Crippen molar-refractivity contribution in [3.05, 3.63) is 86.9 Å². The van der Waals surface area contributed by atoms with Gasteiger partial charge in [-0.15, -0.1) is 13.2 Å². The normalized spacial score (nSPS) is 11.5. The third-order valence-corrected chi connectivity index (χ3v) is 5.44. The second kappa shape index (κ2) is 12.7. The first-order chi connectivity index (χ1) is 17.5. The Bertz CT molecular complexity index is 1250. The predicted octanol–water partition coefficient (Wildman–Crippen LogP) is 5.84. The fourth-order valence-corrected chi connectivity index (χ4v) is 3.67. The highest BCUT2D eigenvalue weighted by molar-refractivity contribution is 6.32. The third kappa shape index (κ3) is 8.85. The molecule has 0 saturated carbocycles. The summed E-state index contributed by atoms with van der Waals surface area (Å²) in [5, 5.41) is 16.9. The van der Waals surface area contributed by atoms with E-state index in [-0.39, 0.29) is 22.1 Å². The highest BCUT2D eigenvalue weighted by atomic mass is 35.5. The average molecular weight is 556 g/mol. The van der Waals surface area contributed by atoms with Crippen molar-refractivity contribution in [2.75, 3.05) is 13.2 Å². The summed E-state index contributed by atoms with van der Waals surface area (Å²) in [6, 6.07) is 13.1. The number of halogens is 5. The number of carbonyl (C=O) groups excluding carboxylic acids is 1. The van der Waals surface area contributed by atoms with E-state index in [1.165, 1.54) is 36.5 Å². The maximum Gasteiger partial charge on any atom is 0.573 e. The smallest absolute Gasteiger partial charge is 0.506 e. The minimum atomic E-state index is -4.72. The molecule has 0 heterocycles. The summed E-state index contributed by atoms with van der Waals surface area (Å²) < 4.78 is 46.3. The van der Waals surface area contributed by atoms with Crippen LogP contribution in [0.4, 0.5) is 13.2 Å². The number of aromatic hydroxyl groups is 1. The van der Waals surface area contributed by atoms with E-state index in [0.29, 0.717) is 36.0 Å². The Kier molecular flexibility index (Phi) is 9.62. The fourth-order valence-electron chi connectivity index (χ4n) is 3.16. The van der Waals surface area contributed by atoms with Crippen LogP contribution in [0.1, 0.15) is 27.0 Å². The van der Waals surface area contributed by atoms with E-state index in [1.54, 1.807) is 24.3 Å². The van der Waals surface area contributed by atoms with E-state index in [4.69, 9.17) is 27.9 Å². The highest BCUT2D eigenvalue weighted by Gasteiger charge is 2.30. The van der Waals surface area contributed by atoms with Crippen LogP contribution in [0.5, 0.6) is 17.2 Å². The molecule has 0 aliphatic carbocycles. The van der Waals surface area contributed by atoms with E-state index < -0.39 is 12.3 Å². The molecule has 3 aromatic carbocycles. The largest absolute Gasteiger partial charge is 0.573 e. The topological polar surface area (TPSA) is 92.2 Å². The Labute approximate surface area is 220 Å². The summed E-state index contributed by atoms with van der Waals surface area (Å²) in [7, 11) is 0. The number of alkyl halides is 3. The van der Waals surface area contributed by atoms with Crippen molar-refractivity contribution >= 4 is 35.3 Å². The molecule has 0 spiro atoms. The summed E-state index contributed by atoms with van der Waals surface area (Å²) in [6.07, 6.45) is -3.30. The number of benzene rings is 3. The summed E-state index contributed by atoms with van der Waals surface area (Å²) in [6.45, 7) is 3.01. The van der Waals surface area contributed by atoms with E-state index >= 15 is 0 Å². The Morgan fingerprint density at radius 2 is 1.81 bits per heavy atom. The van der Waals surface area contributed by atoms with Gasteiger partial charge in [0.25, 0.3) is 5.91 Å². The van der Waals surface area contributed by atoms with Gasteiger partial charge in [-0.2, -0.15) is 5.10 Å². The van der Waals surface area contributed by atoms with E-state index in [1.807, 2.05) is 6.92 Å². The summed E-state index contributed by atoms with van der Waals surface area (Å²) >= 11 is 12.2. The number of ether oxygens (including phenoxy) is 2. The molecule has 3 aromatic rings. The molecular weight excluding hydrogens is 534 g/mol. The van der Waals surface area contributed by atoms with Crippen LogP contribution in [0.3, 0.4) is 0 Å². The van der Waals surface area contributed by atoms with Gasteiger partial charge >= 0.3 is 6.36 Å². The first-order valence-corrected chi connectivity index (χ1v) is 11.6. The first-order valence-electron chi connectivity index (χ1n) is 10.8. The lowest BCUT2D eigenvalue weighted by molar-refractivity contribution is -0.274. The number of phenols is 1. The van der Waals surface area contributed by atoms with Gasteiger partial charge < -0.3 is 19.9 Å². The number of rotatable bonds is 10. The van der Waals surface area contributed by atoms with Crippen LogP contribution in [0.25, 0.3) is 0 Å². The van der Waals surface area contributed by atoms with Crippen molar-refractivity contribution < 1.29 is 32.5 Å². The van der Waals surface area contributed by atoms with Crippen molar-refractivity contribution in [3.8, 4) is 17.2 Å². The lowest BCUT2D eigenvalue weighted by Gasteiger charge is -2.13. The SMILES string of the molecule is Cc1cc(/C=N/NC(=O)c2ccc(O)c(Cl)c2)cc(Cl)c1OCCNCc1ccc(OC(F)(F)F)cc1. The molecular formula is C25H22Cl2F3N3O4. The zero-order valence-electron chi connectivity index (χ0n) is 19.4. The molecule has 0 aliphatic rings. The number of hydrazone groups is 1. The van der Waals surface area contributed by atoms with Crippen molar-refractivity contribution in [3.63, 3.8) is 0 Å². The monoisotopic (exact) mass is 555 g/mol. The Hall–Kier alpha value is -3.47. The third-order valence-electron chi connectivity index (χ3n) is 4.85. The minimum absolute atomic E-state index is 0.0541. The number of amides is 1. The van der Waals surface area contributed by atoms with Gasteiger partial charge in [0.1, 0.15) is 23.9 Å². The molecule has 0 bridgehead atoms. The first kappa shape index (κ1) is 28.1. The van der Waals surface area contributed by atoms with Gasteiger partial charge in [0, 0.05) is 18.7 Å². The van der Waals surface area contributed by atoms with Gasteiger partial charge in [-0.3, -0.25) is 4.79 Å². The zero-order chi connectivity index (χ0) is 27.0. The number of carbonyl (C=O) groups is 1. The molecule has 37 heavy (non-hydrogen) atoms. The Morgan fingerprint density at radius 1 is 1.08 bits per heavy atom. The van der Waals surface area contributed by atoms with Crippen LogP contribution in [0, 0.1) is 6.92 Å². The highest BCUT2D eigenvalue weighted by Crippen LogP contribution is 2.29. The Morgan fingerprint density at radius 3 is 2.46 bits per heavy atom. The molecule has 3 rings (SSSR count). The van der Waals surface area contributed by atoms with E-state index in [2.05, 4.69) is 20.6 Å². The number of phenolic OH excluding ortho intramolecular Hbond substituents is 1. The molecule has 3 N–H and O–H groups in total. The molecule has 0 fully saturated rings. The van der Waals surface area contributed by atoms with Gasteiger partial charge in [0.2, 0.25) is 0 Å². The molecule has 1 amide bonds. The quantitative estimate of drug-likeness (QED) is 0.166. The molecule has 0 unspecified atom stereocenters. The van der Waals surface area contributed by atoms with Gasteiger partial charge in [0.15, 0.2) is 0 Å². The second-order valence-electron chi connectivity index (χ2n) is 7.73. The Balaban J connectivity index is 1.45. The van der Waals surface area contributed by atoms with Gasteiger partial charge in [0.05, 0.1) is 16.3 Å². The van der Waals surface area contributed by atoms with Gasteiger partial charge in [-0.05, 0) is 66.1 Å². The summed E-state index contributed by atoms with van der Waals surface area (Å²) in [5.74, 6) is -0.406. The lowest BCUT2D eigenvalue weighted by Crippen LogP contribution is -2.21. The van der Waals surface area contributed by atoms with Crippen molar-refractivity contribution in [1.29, 1.82) is 0 Å². The molecule has 0 aromatic heterocycles. The molecule has 0 atom stereocenters. The second-order valence-corrected chi connectivity index (χ2v) is 8.55. The fraction of sp³-hybridized carbons (Fsp3) is 0.200. The van der Waals surface area contributed by atoms with Crippen LogP contribution in [-0.2, 0) is 6.54 Å². The van der Waals surface area contributed by atoms with E-state index in [0.717, 1.165) is 11.1 Å². The summed E-state index contributed by atoms with van der Waals surface area (Å²) in [5.41, 5.74) is 4.78. The summed E-state index contributed by atoms with van der Waals surface area (Å²) in [4.78, 5) is 12.1. The minimum Gasteiger partial charge on any atom is -0.506 e. The van der Waals surface area contributed by atoms with E-state index in [9.17, 15) is 23.1 Å². The number of hydrogen-bond acceptors (Lipinski definition) is 6. The van der Waals surface area contributed by atoms with Crippen molar-refractivity contribution in [2.45, 2.75) is 19.8 Å². The molecule has 0 aliphatic heterocycles. The van der Waals surface area contributed by atoms with Crippen LogP contribution < -0.4 is 20.2 Å². The van der Waals surface area contributed by atoms with Crippen LogP contribution in [0.15, 0.2) is 59.7 Å². The van der Waals surface area contributed by atoms with Crippen molar-refractivity contribution in [1.82, 2.24) is 10.7 Å². The number of aryl methyl sites for hydroxylation is 1. The number of nitrogens with zero attached hydrogens (tertiary/aromatic N) is 1. The average Bonchev–Trinajstić information content (AvgIpc) is 2.82. The maximum atomic E-state index is 12.2. The zero-order valence-corrected chi connectivity index (χ0v) is 20.9. The standard InChI is InChI=1S/C25H22Cl2F3N3O4/c1-15-10-17(14-32-33-24(35)18-4-7-22(34)20(26)12-18)11-21(27)23(15)36-9-8-31-13-16-2-5-19(6-3-16)37-25(28,29)30/h2-7,10-12,14,31,34H,8-9,13H2,1H3,(H,33,35)/b32-14+. The van der Waals surface area contributed by atoms with Crippen LogP contribution in [0.2, 0.25) is 10.0 Å². The molecule has 196 valence electrons. The van der Waals surface area contributed by atoms with Crippen molar-refractivity contribution in [2.24, 2.45) is 5.10 Å². The predicted molar refractivity (Wildman–Crippen MR) is 135 cm³/mol. The molecule has 0 radical (unpaired) electrons. The van der Waals surface area contributed by atoms with Gasteiger partial charge in [-0.25, -0.2) is 5.43 Å². The maximum absolute atomic E-state index is 12.2. The van der Waals surface area contributed by atoms with Crippen LogP contribution >= 0.6 is 23.2 Å². The lowest BCUT2D eigenvalue weighted by atomic mass is 10.1.